The van der Waals surface area contributed by atoms with Crippen molar-refractivity contribution in [2.24, 2.45) is 5.92 Å². The number of fused-ring (bicyclic) bond motifs is 2. The van der Waals surface area contributed by atoms with Crippen LogP contribution in [-0.4, -0.2) is 18.0 Å². The molecule has 1 aromatic rings. The highest BCUT2D eigenvalue weighted by Crippen LogP contribution is 2.43. The van der Waals surface area contributed by atoms with Crippen molar-refractivity contribution in [3.8, 4) is 0 Å². The molecule has 4 heteroatoms. The molecule has 1 nitrogen and oxygen atoms in total. The lowest BCUT2D eigenvalue weighted by Gasteiger charge is -2.37. The van der Waals surface area contributed by atoms with Crippen molar-refractivity contribution < 1.29 is 13.2 Å². The van der Waals surface area contributed by atoms with Gasteiger partial charge in [-0.05, 0) is 37.0 Å². The number of hydrogen-bond donors (Lipinski definition) is 1. The van der Waals surface area contributed by atoms with E-state index in [9.17, 15) is 13.2 Å². The molecule has 98 valence electrons. The topological polar surface area (TPSA) is 12.0 Å². The molecule has 1 N–H and O–H groups in total. The Kier molecular flexibility index (Phi) is 2.85. The van der Waals surface area contributed by atoms with Gasteiger partial charge in [0.1, 0.15) is 5.82 Å². The van der Waals surface area contributed by atoms with Crippen LogP contribution in [0.1, 0.15) is 24.8 Å². The number of benzene rings is 1. The highest BCUT2D eigenvalue weighted by atomic mass is 19.3. The molecular formula is C14H16F3N. The number of piperidine rings is 1. The maximum Gasteiger partial charge on any atom is 0.254 e. The fourth-order valence-corrected chi connectivity index (χ4v) is 3.27. The summed E-state index contributed by atoms with van der Waals surface area (Å²) in [5.41, 5.74) is 0.785. The molecule has 2 saturated heterocycles. The van der Waals surface area contributed by atoms with Crippen LogP contribution < -0.4 is 5.32 Å². The fraction of sp³-hybridized carbons (Fsp3) is 0.571. The zero-order valence-electron chi connectivity index (χ0n) is 10.0. The summed E-state index contributed by atoms with van der Waals surface area (Å²) >= 11 is 0. The zero-order chi connectivity index (χ0) is 12.8. The Morgan fingerprint density at radius 1 is 1.17 bits per heavy atom. The lowest BCUT2D eigenvalue weighted by atomic mass is 9.83. The van der Waals surface area contributed by atoms with E-state index >= 15 is 0 Å². The highest BCUT2D eigenvalue weighted by Gasteiger charge is 2.52. The Morgan fingerprint density at radius 2 is 1.89 bits per heavy atom. The molecule has 0 saturated carbocycles. The average molecular weight is 255 g/mol. The molecule has 2 fully saturated rings. The third kappa shape index (κ3) is 2.14. The first-order valence-corrected chi connectivity index (χ1v) is 6.43. The van der Waals surface area contributed by atoms with Gasteiger partial charge in [0.2, 0.25) is 0 Å². The molecule has 3 rings (SSSR count). The SMILES string of the molecule is Fc1ccc(CC2C3CCC(CC2(F)F)N3)cc1. The second-order valence-electron chi connectivity index (χ2n) is 5.45. The molecule has 2 aliphatic heterocycles. The normalized spacial score (nSPS) is 33.6. The number of rotatable bonds is 2. The van der Waals surface area contributed by atoms with Gasteiger partial charge in [-0.3, -0.25) is 0 Å². The summed E-state index contributed by atoms with van der Waals surface area (Å²) in [6, 6.07) is 5.76. The summed E-state index contributed by atoms with van der Waals surface area (Å²) < 4.78 is 40.9. The molecule has 2 aliphatic rings. The van der Waals surface area contributed by atoms with Crippen molar-refractivity contribution in [3.05, 3.63) is 35.6 Å². The van der Waals surface area contributed by atoms with E-state index in [1.165, 1.54) is 12.1 Å². The minimum absolute atomic E-state index is 0.0190. The summed E-state index contributed by atoms with van der Waals surface area (Å²) in [6.07, 6.45) is 1.93. The molecule has 0 spiro atoms. The lowest BCUT2D eigenvalue weighted by Crippen LogP contribution is -2.52. The number of halogens is 3. The molecule has 1 aromatic carbocycles. The van der Waals surface area contributed by atoms with E-state index in [2.05, 4.69) is 5.32 Å². The van der Waals surface area contributed by atoms with Crippen molar-refractivity contribution in [1.82, 2.24) is 5.32 Å². The third-order valence-corrected chi connectivity index (χ3v) is 4.19. The Labute approximate surface area is 104 Å². The standard InChI is InChI=1S/C14H16F3N/c15-10-3-1-9(2-4-10)7-12-13-6-5-11(18-13)8-14(12,16)17/h1-4,11-13,18H,5-8H2. The van der Waals surface area contributed by atoms with Gasteiger partial charge >= 0.3 is 0 Å². The largest absolute Gasteiger partial charge is 0.310 e. The van der Waals surface area contributed by atoms with E-state index in [1.54, 1.807) is 12.1 Å². The maximum atomic E-state index is 14.1. The van der Waals surface area contributed by atoms with Crippen LogP contribution in [0.25, 0.3) is 0 Å². The van der Waals surface area contributed by atoms with Crippen LogP contribution in [0, 0.1) is 11.7 Å². The van der Waals surface area contributed by atoms with Gasteiger partial charge in [0.05, 0.1) is 0 Å². The molecule has 2 bridgehead atoms. The average Bonchev–Trinajstić information content (AvgIpc) is 2.70. The minimum Gasteiger partial charge on any atom is -0.310 e. The van der Waals surface area contributed by atoms with Gasteiger partial charge < -0.3 is 5.32 Å². The molecule has 3 atom stereocenters. The number of nitrogens with one attached hydrogen (secondary N) is 1. The second-order valence-corrected chi connectivity index (χ2v) is 5.45. The number of alkyl halides is 2. The predicted octanol–water partition coefficient (Wildman–Crippen LogP) is 3.14. The molecule has 0 amide bonds. The predicted molar refractivity (Wildman–Crippen MR) is 63.1 cm³/mol. The quantitative estimate of drug-likeness (QED) is 0.856. The van der Waals surface area contributed by atoms with E-state index in [0.29, 0.717) is 6.42 Å². The maximum absolute atomic E-state index is 14.1. The number of hydrogen-bond acceptors (Lipinski definition) is 1. The van der Waals surface area contributed by atoms with Crippen LogP contribution in [0.3, 0.4) is 0 Å². The van der Waals surface area contributed by atoms with Gasteiger partial charge in [0.25, 0.3) is 5.92 Å². The first-order chi connectivity index (χ1) is 8.54. The lowest BCUT2D eigenvalue weighted by molar-refractivity contribution is -0.0954. The van der Waals surface area contributed by atoms with E-state index < -0.39 is 11.8 Å². The van der Waals surface area contributed by atoms with Crippen LogP contribution in [0.5, 0.6) is 0 Å². The van der Waals surface area contributed by atoms with E-state index in [1.807, 2.05) is 0 Å². The van der Waals surface area contributed by atoms with Crippen LogP contribution in [-0.2, 0) is 6.42 Å². The van der Waals surface area contributed by atoms with Crippen molar-refractivity contribution in [2.75, 3.05) is 0 Å². The smallest absolute Gasteiger partial charge is 0.254 e. The summed E-state index contributed by atoms with van der Waals surface area (Å²) in [5.74, 6) is -3.60. The Balaban J connectivity index is 1.79. The van der Waals surface area contributed by atoms with Gasteiger partial charge in [-0.15, -0.1) is 0 Å². The van der Waals surface area contributed by atoms with Crippen molar-refractivity contribution >= 4 is 0 Å². The van der Waals surface area contributed by atoms with E-state index in [4.69, 9.17) is 0 Å². The van der Waals surface area contributed by atoms with Crippen molar-refractivity contribution in [3.63, 3.8) is 0 Å². The molecule has 3 unspecified atom stereocenters. The first kappa shape index (κ1) is 12.0. The fourth-order valence-electron chi connectivity index (χ4n) is 3.27. The Morgan fingerprint density at radius 3 is 2.61 bits per heavy atom. The van der Waals surface area contributed by atoms with Gasteiger partial charge in [0, 0.05) is 24.4 Å². The Hall–Kier alpha value is -1.03. The summed E-state index contributed by atoms with van der Waals surface area (Å²) in [5, 5.41) is 3.27. The summed E-state index contributed by atoms with van der Waals surface area (Å²) in [4.78, 5) is 0. The highest BCUT2D eigenvalue weighted by molar-refractivity contribution is 5.18. The molecule has 18 heavy (non-hydrogen) atoms. The second kappa shape index (κ2) is 4.26. The summed E-state index contributed by atoms with van der Waals surface area (Å²) in [7, 11) is 0. The van der Waals surface area contributed by atoms with Crippen LogP contribution in [0.4, 0.5) is 13.2 Å². The first-order valence-electron chi connectivity index (χ1n) is 6.43. The van der Waals surface area contributed by atoms with Crippen LogP contribution >= 0.6 is 0 Å². The third-order valence-electron chi connectivity index (χ3n) is 4.19. The van der Waals surface area contributed by atoms with Gasteiger partial charge in [-0.2, -0.15) is 0 Å². The molecule has 0 aromatic heterocycles. The zero-order valence-corrected chi connectivity index (χ0v) is 10.0. The molecule has 0 radical (unpaired) electrons. The van der Waals surface area contributed by atoms with Crippen molar-refractivity contribution in [1.29, 1.82) is 0 Å². The van der Waals surface area contributed by atoms with E-state index in [-0.39, 0.29) is 24.3 Å². The monoisotopic (exact) mass is 255 g/mol. The van der Waals surface area contributed by atoms with Gasteiger partial charge in [0.15, 0.2) is 0 Å². The molecule has 0 aliphatic carbocycles. The van der Waals surface area contributed by atoms with Crippen molar-refractivity contribution in [2.45, 2.75) is 43.7 Å². The minimum atomic E-state index is -2.61. The van der Waals surface area contributed by atoms with Crippen LogP contribution in [0.2, 0.25) is 0 Å². The molecular weight excluding hydrogens is 239 g/mol. The van der Waals surface area contributed by atoms with Gasteiger partial charge in [-0.1, -0.05) is 12.1 Å². The van der Waals surface area contributed by atoms with Gasteiger partial charge in [-0.25, -0.2) is 13.2 Å². The molecule has 2 heterocycles. The summed E-state index contributed by atoms with van der Waals surface area (Å²) in [6.45, 7) is 0. The van der Waals surface area contributed by atoms with E-state index in [0.717, 1.165) is 18.4 Å². The van der Waals surface area contributed by atoms with Crippen LogP contribution in [0.15, 0.2) is 24.3 Å². The Bertz CT molecular complexity index is 429.